The Bertz CT molecular complexity index is 683. The van der Waals surface area contributed by atoms with Gasteiger partial charge in [-0.05, 0) is 32.4 Å². The van der Waals surface area contributed by atoms with Gasteiger partial charge in [-0.3, -0.25) is 5.41 Å². The molecule has 0 saturated heterocycles. The van der Waals surface area contributed by atoms with Gasteiger partial charge in [0.15, 0.2) is 5.17 Å². The maximum Gasteiger partial charge on any atom is 0.163 e. The van der Waals surface area contributed by atoms with Gasteiger partial charge in [-0.15, -0.1) is 0 Å². The number of rotatable bonds is 3. The molecule has 2 heterocycles. The van der Waals surface area contributed by atoms with E-state index in [1.54, 1.807) is 11.9 Å². The molecule has 0 spiro atoms. The summed E-state index contributed by atoms with van der Waals surface area (Å²) >= 11 is 4.39. The van der Waals surface area contributed by atoms with Crippen molar-refractivity contribution in [1.82, 2.24) is 9.61 Å². The lowest BCUT2D eigenvalue weighted by atomic mass is 10.2. The molecule has 114 valence electrons. The summed E-state index contributed by atoms with van der Waals surface area (Å²) in [7, 11) is 1.78. The molecule has 0 bridgehead atoms. The average molecular weight is 373 g/mol. The van der Waals surface area contributed by atoms with Crippen molar-refractivity contribution in [3.8, 4) is 0 Å². The molecule has 7 heteroatoms. The molecule has 1 unspecified atom stereocenters. The Morgan fingerprint density at radius 2 is 2.24 bits per heavy atom. The van der Waals surface area contributed by atoms with Gasteiger partial charge in [0.05, 0.1) is 16.9 Å². The molecule has 0 aliphatic heterocycles. The van der Waals surface area contributed by atoms with Crippen LogP contribution in [0.2, 0.25) is 0 Å². The average Bonchev–Trinajstić information content (AvgIpc) is 2.75. The zero-order valence-corrected chi connectivity index (χ0v) is 14.8. The largest absolute Gasteiger partial charge is 0.321 e. The van der Waals surface area contributed by atoms with E-state index in [4.69, 9.17) is 5.41 Å². The van der Waals surface area contributed by atoms with E-state index in [-0.39, 0.29) is 5.17 Å². The van der Waals surface area contributed by atoms with Gasteiger partial charge < -0.3 is 4.90 Å². The third kappa shape index (κ3) is 3.23. The summed E-state index contributed by atoms with van der Waals surface area (Å²) in [6.45, 7) is 5.44. The highest BCUT2D eigenvalue weighted by atomic mass is 79.9. The number of pyridine rings is 1. The van der Waals surface area contributed by atoms with E-state index in [1.807, 2.05) is 30.5 Å². The van der Waals surface area contributed by atoms with Crippen molar-refractivity contribution in [3.05, 3.63) is 28.0 Å². The second-order valence-electron chi connectivity index (χ2n) is 4.79. The van der Waals surface area contributed by atoms with Crippen LogP contribution in [0.4, 0.5) is 10.1 Å². The summed E-state index contributed by atoms with van der Waals surface area (Å²) in [5, 5.41) is 12.8. The van der Waals surface area contributed by atoms with E-state index in [1.165, 1.54) is 6.92 Å². The Hall–Kier alpha value is -1.08. The molecule has 0 aromatic carbocycles. The topological polar surface area (TPSA) is 44.4 Å². The van der Waals surface area contributed by atoms with Crippen LogP contribution in [-0.4, -0.2) is 27.3 Å². The van der Waals surface area contributed by atoms with Crippen molar-refractivity contribution in [1.29, 1.82) is 5.41 Å². The Kier molecular flexibility index (Phi) is 4.93. The summed E-state index contributed by atoms with van der Waals surface area (Å²) < 4.78 is 16.0. The third-order valence-corrected chi connectivity index (χ3v) is 4.45. The van der Waals surface area contributed by atoms with Gasteiger partial charge in [0.25, 0.3) is 0 Å². The van der Waals surface area contributed by atoms with Crippen molar-refractivity contribution in [2.75, 3.05) is 11.9 Å². The van der Waals surface area contributed by atoms with Gasteiger partial charge in [0, 0.05) is 17.2 Å². The quantitative estimate of drug-likeness (QED) is 0.641. The molecule has 0 radical (unpaired) electrons. The molecule has 2 aromatic rings. The van der Waals surface area contributed by atoms with Gasteiger partial charge in [0.1, 0.15) is 5.50 Å². The maximum atomic E-state index is 13.1. The molecular formula is C14H18BrFN4S. The fourth-order valence-electron chi connectivity index (χ4n) is 2.24. The molecular weight excluding hydrogens is 355 g/mol. The summed E-state index contributed by atoms with van der Waals surface area (Å²) in [4.78, 5) is 1.70. The second-order valence-corrected chi connectivity index (χ2v) is 6.97. The summed E-state index contributed by atoms with van der Waals surface area (Å²) in [5.41, 5.74) is 2.57. The molecule has 21 heavy (non-hydrogen) atoms. The van der Waals surface area contributed by atoms with Gasteiger partial charge in [-0.2, -0.15) is 5.10 Å². The predicted octanol–water partition coefficient (Wildman–Crippen LogP) is 4.39. The number of aromatic nitrogens is 2. The monoisotopic (exact) mass is 372 g/mol. The normalized spacial score (nSPS) is 12.7. The number of alkyl halides is 1. The van der Waals surface area contributed by atoms with Crippen LogP contribution in [0.3, 0.4) is 0 Å². The predicted molar refractivity (Wildman–Crippen MR) is 91.3 cm³/mol. The van der Waals surface area contributed by atoms with E-state index in [0.29, 0.717) is 0 Å². The SMILES string of the molecule is CCc1nn2c(C)cc(Br)cc2c1N(C)C(=N)SC(C)F. The van der Waals surface area contributed by atoms with Gasteiger partial charge >= 0.3 is 0 Å². The summed E-state index contributed by atoms with van der Waals surface area (Å²) in [5.74, 6) is 0. The van der Waals surface area contributed by atoms with Crippen LogP contribution in [0.15, 0.2) is 16.6 Å². The lowest BCUT2D eigenvalue weighted by Gasteiger charge is -2.20. The Labute approximate surface area is 136 Å². The molecule has 1 N–H and O–H groups in total. The van der Waals surface area contributed by atoms with Crippen LogP contribution in [0, 0.1) is 12.3 Å². The molecule has 0 amide bonds. The Morgan fingerprint density at radius 3 is 2.81 bits per heavy atom. The summed E-state index contributed by atoms with van der Waals surface area (Å²) in [6, 6.07) is 3.97. The highest BCUT2D eigenvalue weighted by Gasteiger charge is 2.21. The molecule has 0 aliphatic rings. The zero-order valence-electron chi connectivity index (χ0n) is 12.4. The fraction of sp³-hybridized carbons (Fsp3) is 0.429. The van der Waals surface area contributed by atoms with Crippen molar-refractivity contribution < 1.29 is 4.39 Å². The highest BCUT2D eigenvalue weighted by Crippen LogP contribution is 2.31. The smallest absolute Gasteiger partial charge is 0.163 e. The van der Waals surface area contributed by atoms with Crippen molar-refractivity contribution in [3.63, 3.8) is 0 Å². The molecule has 0 saturated carbocycles. The minimum Gasteiger partial charge on any atom is -0.321 e. The maximum absolute atomic E-state index is 13.1. The molecule has 0 fully saturated rings. The molecule has 1 atom stereocenters. The van der Waals surface area contributed by atoms with Crippen molar-refractivity contribution in [2.45, 2.75) is 32.7 Å². The van der Waals surface area contributed by atoms with E-state index < -0.39 is 5.50 Å². The summed E-state index contributed by atoms with van der Waals surface area (Å²) in [6.07, 6.45) is 0.752. The standard InChI is InChI=1S/C14H18BrFN4S/c1-5-11-13(19(4)14(17)21-9(3)16)12-7-10(15)6-8(2)20(12)18-11/h6-7,9,17H,5H2,1-4H3. The molecule has 0 aliphatic carbocycles. The van der Waals surface area contributed by atoms with Crippen molar-refractivity contribution in [2.24, 2.45) is 0 Å². The van der Waals surface area contributed by atoms with Crippen LogP contribution >= 0.6 is 27.7 Å². The van der Waals surface area contributed by atoms with Crippen molar-refractivity contribution >= 4 is 44.1 Å². The van der Waals surface area contributed by atoms with Gasteiger partial charge in [-0.25, -0.2) is 8.91 Å². The highest BCUT2D eigenvalue weighted by molar-refractivity contribution is 9.10. The fourth-order valence-corrected chi connectivity index (χ4v) is 3.34. The first-order valence-electron chi connectivity index (χ1n) is 6.65. The Balaban J connectivity index is 2.58. The number of hydrogen-bond acceptors (Lipinski definition) is 3. The number of amidine groups is 1. The van der Waals surface area contributed by atoms with Crippen LogP contribution < -0.4 is 4.90 Å². The van der Waals surface area contributed by atoms with Crippen LogP contribution in [-0.2, 0) is 6.42 Å². The lowest BCUT2D eigenvalue weighted by Crippen LogP contribution is -2.24. The number of aryl methyl sites for hydroxylation is 2. The zero-order chi connectivity index (χ0) is 15.7. The Morgan fingerprint density at radius 1 is 1.57 bits per heavy atom. The number of thioether (sulfide) groups is 1. The first kappa shape index (κ1) is 16.3. The molecule has 4 nitrogen and oxygen atoms in total. The third-order valence-electron chi connectivity index (χ3n) is 3.17. The second kappa shape index (κ2) is 6.36. The molecule has 2 rings (SSSR count). The van der Waals surface area contributed by atoms with E-state index in [2.05, 4.69) is 21.0 Å². The van der Waals surface area contributed by atoms with Crippen LogP contribution in [0.25, 0.3) is 5.52 Å². The van der Waals surface area contributed by atoms with Crippen LogP contribution in [0.5, 0.6) is 0 Å². The first-order chi connectivity index (χ1) is 9.85. The van der Waals surface area contributed by atoms with E-state index in [9.17, 15) is 4.39 Å². The minimum absolute atomic E-state index is 0.173. The minimum atomic E-state index is -1.11. The number of anilines is 1. The lowest BCUT2D eigenvalue weighted by molar-refractivity contribution is 0.485. The first-order valence-corrected chi connectivity index (χ1v) is 8.33. The number of nitrogens with one attached hydrogen (secondary N) is 1. The number of fused-ring (bicyclic) bond motifs is 1. The van der Waals surface area contributed by atoms with Gasteiger partial charge in [-0.1, -0.05) is 34.6 Å². The van der Waals surface area contributed by atoms with E-state index >= 15 is 0 Å². The number of nitrogens with zero attached hydrogens (tertiary/aromatic N) is 3. The number of halogens is 2. The van der Waals surface area contributed by atoms with Crippen LogP contribution in [0.1, 0.15) is 25.2 Å². The van der Waals surface area contributed by atoms with Gasteiger partial charge in [0.2, 0.25) is 0 Å². The number of hydrogen-bond donors (Lipinski definition) is 1. The van der Waals surface area contributed by atoms with E-state index in [0.717, 1.165) is 45.2 Å². The molecule has 2 aromatic heterocycles.